The van der Waals surface area contributed by atoms with E-state index in [2.05, 4.69) is 0 Å². The Labute approximate surface area is 97.3 Å². The molecule has 1 aromatic carbocycles. The van der Waals surface area contributed by atoms with Crippen LogP contribution in [-0.4, -0.2) is 31.5 Å². The number of methoxy groups -OCH3 is 2. The number of hydrogen-bond donors (Lipinski definition) is 1. The van der Waals surface area contributed by atoms with Crippen molar-refractivity contribution in [3.63, 3.8) is 0 Å². The fourth-order valence-electron chi connectivity index (χ4n) is 1.36. The lowest BCUT2D eigenvalue weighted by atomic mass is 10.1. The van der Waals surface area contributed by atoms with Gasteiger partial charge in [0.25, 0.3) is 6.54 Å². The van der Waals surface area contributed by atoms with Crippen molar-refractivity contribution < 1.29 is 19.2 Å². The topological polar surface area (TPSA) is 105 Å². The molecule has 0 amide bonds. The van der Waals surface area contributed by atoms with Gasteiger partial charge in [0, 0.05) is 10.5 Å². The maximum atomic E-state index is 11.5. The van der Waals surface area contributed by atoms with Gasteiger partial charge in [0.15, 0.2) is 11.5 Å². The molecule has 0 atom stereocenters. The minimum Gasteiger partial charge on any atom is -0.493 e. The van der Waals surface area contributed by atoms with Gasteiger partial charge in [-0.15, -0.1) is 0 Å². The first-order valence-corrected chi connectivity index (χ1v) is 4.66. The predicted octanol–water partition coefficient (Wildman–Crippen LogP) is 0.745. The van der Waals surface area contributed by atoms with E-state index in [1.165, 1.54) is 26.4 Å². The average molecular weight is 240 g/mol. The summed E-state index contributed by atoms with van der Waals surface area (Å²) in [6.45, 7) is -0.783. The largest absolute Gasteiger partial charge is 0.493 e. The van der Waals surface area contributed by atoms with Crippen LogP contribution in [0.5, 0.6) is 11.5 Å². The second-order valence-corrected chi connectivity index (χ2v) is 3.22. The van der Waals surface area contributed by atoms with Crippen LogP contribution in [0.2, 0.25) is 0 Å². The standard InChI is InChI=1S/C10H12N2O5/c1-16-9-4-6(8(13)5-12(14)15)3-7(11)10(9)17-2/h3-4H,5,11H2,1-2H3. The van der Waals surface area contributed by atoms with Crippen LogP contribution in [0, 0.1) is 10.1 Å². The van der Waals surface area contributed by atoms with E-state index in [4.69, 9.17) is 15.2 Å². The molecule has 0 unspecified atom stereocenters. The molecule has 0 bridgehead atoms. The van der Waals surface area contributed by atoms with Gasteiger partial charge < -0.3 is 15.2 Å². The molecule has 0 aliphatic rings. The van der Waals surface area contributed by atoms with Crippen LogP contribution in [0.3, 0.4) is 0 Å². The zero-order valence-corrected chi connectivity index (χ0v) is 9.43. The molecule has 2 N–H and O–H groups in total. The number of nitrogen functional groups attached to an aromatic ring is 1. The number of carbonyl (C=O) groups excluding carboxylic acids is 1. The first-order valence-electron chi connectivity index (χ1n) is 4.66. The van der Waals surface area contributed by atoms with E-state index in [0.717, 1.165) is 0 Å². The molecule has 1 rings (SSSR count). The van der Waals surface area contributed by atoms with Crippen molar-refractivity contribution in [1.82, 2.24) is 0 Å². The number of benzene rings is 1. The molecule has 0 radical (unpaired) electrons. The maximum absolute atomic E-state index is 11.5. The van der Waals surface area contributed by atoms with Crippen LogP contribution in [-0.2, 0) is 0 Å². The molecule has 0 aliphatic heterocycles. The Morgan fingerprint density at radius 2 is 2.06 bits per heavy atom. The zero-order chi connectivity index (χ0) is 13.0. The highest BCUT2D eigenvalue weighted by atomic mass is 16.6. The number of rotatable bonds is 5. The minimum absolute atomic E-state index is 0.122. The number of hydrogen-bond acceptors (Lipinski definition) is 6. The number of carbonyl (C=O) groups is 1. The van der Waals surface area contributed by atoms with Gasteiger partial charge in [-0.05, 0) is 12.1 Å². The maximum Gasteiger partial charge on any atom is 0.265 e. The molecule has 7 heteroatoms. The summed E-state index contributed by atoms with van der Waals surface area (Å²) >= 11 is 0. The SMILES string of the molecule is COc1cc(C(=O)C[N+](=O)[O-])cc(N)c1OC. The molecule has 0 aliphatic carbocycles. The summed E-state index contributed by atoms with van der Waals surface area (Å²) in [5.74, 6) is -0.0768. The Morgan fingerprint density at radius 3 is 2.53 bits per heavy atom. The highest BCUT2D eigenvalue weighted by Gasteiger charge is 2.17. The lowest BCUT2D eigenvalue weighted by Gasteiger charge is -2.11. The van der Waals surface area contributed by atoms with Crippen molar-refractivity contribution in [3.8, 4) is 11.5 Å². The molecule has 0 spiro atoms. The lowest BCUT2D eigenvalue weighted by Crippen LogP contribution is -2.14. The second-order valence-electron chi connectivity index (χ2n) is 3.22. The average Bonchev–Trinajstić information content (AvgIpc) is 2.26. The molecule has 0 aromatic heterocycles. The van der Waals surface area contributed by atoms with Crippen LogP contribution < -0.4 is 15.2 Å². The summed E-state index contributed by atoms with van der Waals surface area (Å²) in [4.78, 5) is 21.0. The van der Waals surface area contributed by atoms with Gasteiger partial charge in [-0.1, -0.05) is 0 Å². The molecule has 0 saturated carbocycles. The number of nitrogens with two attached hydrogens (primary N) is 1. The molecule has 1 aromatic rings. The summed E-state index contributed by atoms with van der Waals surface area (Å²) in [7, 11) is 2.80. The first kappa shape index (κ1) is 12.8. The molecule has 7 nitrogen and oxygen atoms in total. The first-order chi connectivity index (χ1) is 7.99. The number of Topliss-reactive ketones (excluding diaryl/α,β-unsaturated/α-hetero) is 1. The summed E-state index contributed by atoms with van der Waals surface area (Å²) in [6, 6.07) is 2.69. The molecule has 0 heterocycles. The molecular formula is C10H12N2O5. The fourth-order valence-corrected chi connectivity index (χ4v) is 1.36. The van der Waals surface area contributed by atoms with Gasteiger partial charge >= 0.3 is 0 Å². The van der Waals surface area contributed by atoms with E-state index in [1.54, 1.807) is 0 Å². The van der Waals surface area contributed by atoms with Crippen LogP contribution in [0.25, 0.3) is 0 Å². The van der Waals surface area contributed by atoms with E-state index in [1.807, 2.05) is 0 Å². The number of nitrogens with zero attached hydrogens (tertiary/aromatic N) is 1. The van der Waals surface area contributed by atoms with E-state index >= 15 is 0 Å². The smallest absolute Gasteiger partial charge is 0.265 e. The molecule has 0 fully saturated rings. The van der Waals surface area contributed by atoms with Crippen molar-refractivity contribution in [2.24, 2.45) is 0 Å². The van der Waals surface area contributed by atoms with Gasteiger partial charge in [-0.25, -0.2) is 0 Å². The van der Waals surface area contributed by atoms with E-state index in [-0.39, 0.29) is 17.0 Å². The molecule has 92 valence electrons. The Morgan fingerprint density at radius 1 is 1.41 bits per heavy atom. The van der Waals surface area contributed by atoms with Crippen molar-refractivity contribution in [2.45, 2.75) is 0 Å². The lowest BCUT2D eigenvalue weighted by molar-refractivity contribution is -0.465. The normalized spacial score (nSPS) is 9.76. The van der Waals surface area contributed by atoms with Gasteiger partial charge in [0.1, 0.15) is 0 Å². The second kappa shape index (κ2) is 5.15. The van der Waals surface area contributed by atoms with Crippen LogP contribution in [0.4, 0.5) is 5.69 Å². The van der Waals surface area contributed by atoms with E-state index < -0.39 is 17.3 Å². The Hall–Kier alpha value is -2.31. The third kappa shape index (κ3) is 2.83. The van der Waals surface area contributed by atoms with Gasteiger partial charge in [-0.3, -0.25) is 14.9 Å². The monoisotopic (exact) mass is 240 g/mol. The summed E-state index contributed by atoms with van der Waals surface area (Å²) in [5.41, 5.74) is 5.96. The van der Waals surface area contributed by atoms with Crippen molar-refractivity contribution in [3.05, 3.63) is 27.8 Å². The Balaban J connectivity index is 3.15. The minimum atomic E-state index is -0.783. The summed E-state index contributed by atoms with van der Waals surface area (Å²) in [5, 5.41) is 10.2. The van der Waals surface area contributed by atoms with Crippen LogP contribution in [0.1, 0.15) is 10.4 Å². The third-order valence-electron chi connectivity index (χ3n) is 2.10. The number of ether oxygens (including phenoxy) is 2. The predicted molar refractivity (Wildman–Crippen MR) is 60.2 cm³/mol. The summed E-state index contributed by atoms with van der Waals surface area (Å²) < 4.78 is 9.97. The molecule has 0 saturated heterocycles. The quantitative estimate of drug-likeness (QED) is 0.352. The summed E-state index contributed by atoms with van der Waals surface area (Å²) in [6.07, 6.45) is 0. The van der Waals surface area contributed by atoms with E-state index in [9.17, 15) is 14.9 Å². The van der Waals surface area contributed by atoms with Gasteiger partial charge in [0.2, 0.25) is 5.78 Å². The van der Waals surface area contributed by atoms with Crippen molar-refractivity contribution in [1.29, 1.82) is 0 Å². The highest BCUT2D eigenvalue weighted by Crippen LogP contribution is 2.34. The zero-order valence-electron chi connectivity index (χ0n) is 9.43. The highest BCUT2D eigenvalue weighted by molar-refractivity contribution is 5.98. The third-order valence-corrected chi connectivity index (χ3v) is 2.10. The van der Waals surface area contributed by atoms with Crippen LogP contribution >= 0.6 is 0 Å². The molecule has 17 heavy (non-hydrogen) atoms. The Kier molecular flexibility index (Phi) is 3.86. The van der Waals surface area contributed by atoms with Crippen molar-refractivity contribution in [2.75, 3.05) is 26.5 Å². The van der Waals surface area contributed by atoms with Crippen molar-refractivity contribution >= 4 is 11.5 Å². The number of anilines is 1. The Bertz CT molecular complexity index is 458. The number of nitro groups is 1. The van der Waals surface area contributed by atoms with E-state index in [0.29, 0.717) is 5.75 Å². The van der Waals surface area contributed by atoms with Gasteiger partial charge in [0.05, 0.1) is 19.9 Å². The number of ketones is 1. The van der Waals surface area contributed by atoms with Crippen LogP contribution in [0.15, 0.2) is 12.1 Å². The van der Waals surface area contributed by atoms with Gasteiger partial charge in [-0.2, -0.15) is 0 Å². The molecular weight excluding hydrogens is 228 g/mol. The fraction of sp³-hybridized carbons (Fsp3) is 0.300.